The summed E-state index contributed by atoms with van der Waals surface area (Å²) in [6, 6.07) is 6.41. The first-order valence-corrected chi connectivity index (χ1v) is 11.7. The van der Waals surface area contributed by atoms with E-state index in [1.807, 2.05) is 25.7 Å². The third kappa shape index (κ3) is 9.00. The summed E-state index contributed by atoms with van der Waals surface area (Å²) in [7, 11) is 0. The minimum Gasteiger partial charge on any atom is -0.444 e. The van der Waals surface area contributed by atoms with Crippen LogP contribution in [0.15, 0.2) is 18.2 Å². The zero-order valence-corrected chi connectivity index (χ0v) is 19.8. The number of pyridine rings is 1. The Morgan fingerprint density at radius 1 is 0.933 bits per heavy atom. The van der Waals surface area contributed by atoms with Crippen molar-refractivity contribution in [3.8, 4) is 0 Å². The summed E-state index contributed by atoms with van der Waals surface area (Å²) in [4.78, 5) is 24.5. The lowest BCUT2D eigenvalue weighted by Gasteiger charge is -2.30. The third-order valence-corrected chi connectivity index (χ3v) is 5.17. The van der Waals surface area contributed by atoms with Gasteiger partial charge in [0, 0.05) is 39.3 Å². The SMILES string of the molecule is CCCN1CCCN(C(=O)OC(C)(C)C)CCCN(CCC)Cc2cccc(n2)C1. The Labute approximate surface area is 183 Å². The Morgan fingerprint density at radius 2 is 1.43 bits per heavy atom. The van der Waals surface area contributed by atoms with E-state index < -0.39 is 5.60 Å². The number of aromatic nitrogens is 1. The number of carbonyl (C=O) groups is 1. The van der Waals surface area contributed by atoms with Crippen LogP contribution in [0.3, 0.4) is 0 Å². The second kappa shape index (κ2) is 12.3. The van der Waals surface area contributed by atoms with Crippen molar-refractivity contribution in [3.05, 3.63) is 29.6 Å². The number of fused-ring (bicyclic) bond motifs is 2. The number of rotatable bonds is 4. The maximum atomic E-state index is 12.8. The van der Waals surface area contributed by atoms with E-state index in [0.717, 1.165) is 89.4 Å². The van der Waals surface area contributed by atoms with E-state index in [0.29, 0.717) is 0 Å². The molecule has 0 N–H and O–H groups in total. The summed E-state index contributed by atoms with van der Waals surface area (Å²) in [5.74, 6) is 0. The molecule has 0 atom stereocenters. The van der Waals surface area contributed by atoms with E-state index in [1.54, 1.807) is 0 Å². The van der Waals surface area contributed by atoms with Gasteiger partial charge in [-0.2, -0.15) is 0 Å². The molecule has 0 aliphatic carbocycles. The first-order valence-electron chi connectivity index (χ1n) is 11.7. The summed E-state index contributed by atoms with van der Waals surface area (Å²) in [5.41, 5.74) is 1.81. The van der Waals surface area contributed by atoms with Crippen molar-refractivity contribution in [1.82, 2.24) is 19.7 Å². The predicted octanol–water partition coefficient (Wildman–Crippen LogP) is 4.54. The number of nitrogens with zero attached hydrogens (tertiary/aromatic N) is 4. The van der Waals surface area contributed by atoms with Gasteiger partial charge in [-0.25, -0.2) is 4.79 Å². The second-order valence-electron chi connectivity index (χ2n) is 9.35. The summed E-state index contributed by atoms with van der Waals surface area (Å²) >= 11 is 0. The fourth-order valence-electron chi connectivity index (χ4n) is 3.93. The van der Waals surface area contributed by atoms with E-state index in [2.05, 4.69) is 41.8 Å². The zero-order chi connectivity index (χ0) is 22.0. The molecule has 30 heavy (non-hydrogen) atoms. The first-order chi connectivity index (χ1) is 14.3. The average Bonchev–Trinajstić information content (AvgIpc) is 2.65. The monoisotopic (exact) mass is 418 g/mol. The van der Waals surface area contributed by atoms with Gasteiger partial charge in [-0.15, -0.1) is 0 Å². The highest BCUT2D eigenvalue weighted by Gasteiger charge is 2.22. The van der Waals surface area contributed by atoms with Crippen LogP contribution in [0.2, 0.25) is 0 Å². The van der Waals surface area contributed by atoms with Crippen LogP contribution < -0.4 is 0 Å². The lowest BCUT2D eigenvalue weighted by Crippen LogP contribution is -2.40. The summed E-state index contributed by atoms with van der Waals surface area (Å²) in [6.45, 7) is 17.4. The maximum Gasteiger partial charge on any atom is 0.410 e. The molecule has 0 aromatic carbocycles. The lowest BCUT2D eigenvalue weighted by atomic mass is 10.2. The van der Waals surface area contributed by atoms with Gasteiger partial charge in [0.2, 0.25) is 0 Å². The fraction of sp³-hybridized carbons (Fsp3) is 0.750. The summed E-state index contributed by atoms with van der Waals surface area (Å²) in [6.07, 6.45) is 3.92. The van der Waals surface area contributed by atoms with Crippen molar-refractivity contribution in [3.63, 3.8) is 0 Å². The number of carbonyl (C=O) groups excluding carboxylic acids is 1. The Hall–Kier alpha value is -1.66. The van der Waals surface area contributed by atoms with Gasteiger partial charge in [0.25, 0.3) is 0 Å². The van der Waals surface area contributed by atoms with Crippen molar-refractivity contribution in [2.75, 3.05) is 39.3 Å². The number of ether oxygens (including phenoxy) is 1. The number of hydrogen-bond acceptors (Lipinski definition) is 5. The first kappa shape index (κ1) is 24.6. The topological polar surface area (TPSA) is 48.9 Å². The van der Waals surface area contributed by atoms with Gasteiger partial charge >= 0.3 is 6.09 Å². The molecular formula is C24H42N4O2. The average molecular weight is 419 g/mol. The Kier molecular flexibility index (Phi) is 10.1. The molecule has 1 aromatic rings. The highest BCUT2D eigenvalue weighted by molar-refractivity contribution is 5.68. The molecule has 2 bridgehead atoms. The molecule has 0 radical (unpaired) electrons. The largest absolute Gasteiger partial charge is 0.444 e. The van der Waals surface area contributed by atoms with Crippen molar-refractivity contribution in [1.29, 1.82) is 0 Å². The van der Waals surface area contributed by atoms with Crippen LogP contribution in [0, 0.1) is 0 Å². The Morgan fingerprint density at radius 3 is 1.87 bits per heavy atom. The molecule has 1 amide bonds. The van der Waals surface area contributed by atoms with Crippen LogP contribution >= 0.6 is 0 Å². The zero-order valence-electron chi connectivity index (χ0n) is 19.8. The molecule has 0 spiro atoms. The minimum atomic E-state index is -0.465. The van der Waals surface area contributed by atoms with Gasteiger partial charge in [-0.3, -0.25) is 14.8 Å². The normalized spacial score (nSPS) is 18.1. The van der Waals surface area contributed by atoms with E-state index >= 15 is 0 Å². The van der Waals surface area contributed by atoms with Crippen molar-refractivity contribution in [2.24, 2.45) is 0 Å². The van der Waals surface area contributed by atoms with Crippen molar-refractivity contribution >= 4 is 6.09 Å². The van der Waals surface area contributed by atoms with Crippen LogP contribution in [0.4, 0.5) is 4.79 Å². The van der Waals surface area contributed by atoms with Gasteiger partial charge < -0.3 is 9.64 Å². The molecule has 2 rings (SSSR count). The molecule has 2 heterocycles. The summed E-state index contributed by atoms with van der Waals surface area (Å²) in [5, 5.41) is 0. The van der Waals surface area contributed by atoms with Crippen LogP contribution in [0.25, 0.3) is 0 Å². The van der Waals surface area contributed by atoms with Crippen molar-refractivity contribution in [2.45, 2.75) is 79.0 Å². The van der Waals surface area contributed by atoms with Crippen molar-refractivity contribution < 1.29 is 9.53 Å². The highest BCUT2D eigenvalue weighted by atomic mass is 16.6. The smallest absolute Gasteiger partial charge is 0.410 e. The quantitative estimate of drug-likeness (QED) is 0.719. The molecule has 0 saturated carbocycles. The van der Waals surface area contributed by atoms with E-state index in [1.165, 1.54) is 0 Å². The van der Waals surface area contributed by atoms with Gasteiger partial charge in [0.05, 0.1) is 11.4 Å². The molecule has 1 aliphatic heterocycles. The summed E-state index contributed by atoms with van der Waals surface area (Å²) < 4.78 is 5.68. The molecule has 1 aliphatic rings. The molecule has 0 fully saturated rings. The van der Waals surface area contributed by atoms with Gasteiger partial charge in [-0.1, -0.05) is 19.9 Å². The minimum absolute atomic E-state index is 0.189. The van der Waals surface area contributed by atoms with E-state index in [4.69, 9.17) is 9.72 Å². The van der Waals surface area contributed by atoms with E-state index in [9.17, 15) is 4.79 Å². The standard InChI is InChI=1S/C24H42N4O2/c1-6-13-26-15-9-17-28(23(29)30-24(3,4)5)18-10-16-27(14-7-2)20-22-12-8-11-21(19-26)25-22/h8,11-12H,6-7,9-10,13-20H2,1-5H3. The third-order valence-electron chi connectivity index (χ3n) is 5.17. The number of amides is 1. The van der Waals surface area contributed by atoms with Crippen LogP contribution in [0.1, 0.15) is 71.7 Å². The Bertz CT molecular complexity index is 607. The van der Waals surface area contributed by atoms with Gasteiger partial charge in [0.15, 0.2) is 0 Å². The highest BCUT2D eigenvalue weighted by Crippen LogP contribution is 2.13. The molecule has 0 saturated heterocycles. The molecular weight excluding hydrogens is 376 g/mol. The molecule has 6 heteroatoms. The molecule has 1 aromatic heterocycles. The second-order valence-corrected chi connectivity index (χ2v) is 9.35. The Balaban J connectivity index is 2.17. The fourth-order valence-corrected chi connectivity index (χ4v) is 3.93. The van der Waals surface area contributed by atoms with Crippen LogP contribution in [-0.2, 0) is 17.8 Å². The van der Waals surface area contributed by atoms with Crippen LogP contribution in [-0.4, -0.2) is 70.6 Å². The van der Waals surface area contributed by atoms with Gasteiger partial charge in [0.1, 0.15) is 5.60 Å². The molecule has 170 valence electrons. The molecule has 6 nitrogen and oxygen atoms in total. The lowest BCUT2D eigenvalue weighted by molar-refractivity contribution is 0.0234. The van der Waals surface area contributed by atoms with Crippen LogP contribution in [0.5, 0.6) is 0 Å². The molecule has 0 unspecified atom stereocenters. The van der Waals surface area contributed by atoms with Gasteiger partial charge in [-0.05, 0) is 71.7 Å². The van der Waals surface area contributed by atoms with E-state index in [-0.39, 0.29) is 6.09 Å². The number of hydrogen-bond donors (Lipinski definition) is 0. The maximum absolute atomic E-state index is 12.8. The predicted molar refractivity (Wildman–Crippen MR) is 122 cm³/mol.